The highest BCUT2D eigenvalue weighted by Crippen LogP contribution is 2.34. The minimum absolute atomic E-state index is 0.0119. The van der Waals surface area contributed by atoms with Crippen molar-refractivity contribution in [1.29, 1.82) is 0 Å². The third-order valence-electron chi connectivity index (χ3n) is 6.40. The fourth-order valence-corrected chi connectivity index (χ4v) is 4.41. The van der Waals surface area contributed by atoms with E-state index in [0.29, 0.717) is 31.5 Å². The first-order valence-electron chi connectivity index (χ1n) is 11.8. The molecule has 4 heterocycles. The van der Waals surface area contributed by atoms with E-state index in [1.807, 2.05) is 18.2 Å². The lowest BCUT2D eigenvalue weighted by Gasteiger charge is -2.37. The number of likely N-dealkylation sites (tertiary alicyclic amines) is 1. The molecule has 0 aliphatic carbocycles. The van der Waals surface area contributed by atoms with Gasteiger partial charge in [0, 0.05) is 37.6 Å². The summed E-state index contributed by atoms with van der Waals surface area (Å²) < 4.78 is 47.1. The largest absolute Gasteiger partial charge is 0.490 e. The Kier molecular flexibility index (Phi) is 7.67. The van der Waals surface area contributed by atoms with E-state index >= 15 is 0 Å². The van der Waals surface area contributed by atoms with Gasteiger partial charge in [0.2, 0.25) is 0 Å². The van der Waals surface area contributed by atoms with Crippen LogP contribution < -0.4 is 10.2 Å². The predicted octanol–water partition coefficient (Wildman–Crippen LogP) is 3.44. The molecule has 3 amide bonds. The molecule has 0 bridgehead atoms. The minimum atomic E-state index is -5.08. The number of alkyl halides is 3. The summed E-state index contributed by atoms with van der Waals surface area (Å²) in [5.74, 6) is -3.40. The van der Waals surface area contributed by atoms with Gasteiger partial charge < -0.3 is 10.4 Å². The first-order chi connectivity index (χ1) is 18.4. The van der Waals surface area contributed by atoms with Gasteiger partial charge in [-0.2, -0.15) is 13.2 Å². The molecule has 10 nitrogen and oxygen atoms in total. The Balaban J connectivity index is 0.000000448. The molecule has 0 saturated carbocycles. The second kappa shape index (κ2) is 10.8. The number of rotatable bonds is 4. The average Bonchev–Trinajstić information content (AvgIpc) is 3.37. The summed E-state index contributed by atoms with van der Waals surface area (Å²) in [6.07, 6.45) is -1.01. The number of hydrogen-bond donors (Lipinski definition) is 2. The summed E-state index contributed by atoms with van der Waals surface area (Å²) in [7, 11) is 0. The van der Waals surface area contributed by atoms with Crippen LogP contribution in [0.3, 0.4) is 0 Å². The Labute approximate surface area is 219 Å². The van der Waals surface area contributed by atoms with Crippen LogP contribution in [0.25, 0.3) is 5.82 Å². The number of nitrogens with one attached hydrogen (secondary N) is 1. The highest BCUT2D eigenvalue weighted by atomic mass is 19.4. The Bertz CT molecular complexity index is 1370. The molecule has 14 heteroatoms. The number of aromatic nitrogens is 3. The summed E-state index contributed by atoms with van der Waals surface area (Å²) in [5.41, 5.74) is 0.864. The van der Waals surface area contributed by atoms with Crippen molar-refractivity contribution < 1.29 is 37.1 Å². The number of carboxylic acid groups (broad SMARTS) is 1. The lowest BCUT2D eigenvalue weighted by Crippen LogP contribution is -2.54. The number of aryl methyl sites for hydroxylation is 1. The third kappa shape index (κ3) is 5.90. The van der Waals surface area contributed by atoms with Crippen molar-refractivity contribution in [1.82, 2.24) is 25.0 Å². The van der Waals surface area contributed by atoms with Gasteiger partial charge in [-0.05, 0) is 37.5 Å². The highest BCUT2D eigenvalue weighted by Gasteiger charge is 2.53. The molecule has 2 aliphatic heterocycles. The van der Waals surface area contributed by atoms with Crippen LogP contribution in [-0.4, -0.2) is 67.5 Å². The first-order valence-corrected chi connectivity index (χ1v) is 11.8. The summed E-state index contributed by atoms with van der Waals surface area (Å²) in [4.78, 5) is 42.5. The molecule has 1 aromatic carbocycles. The van der Waals surface area contributed by atoms with Crippen molar-refractivity contribution in [2.24, 2.45) is 0 Å². The van der Waals surface area contributed by atoms with Crippen LogP contribution in [0.5, 0.6) is 0 Å². The van der Waals surface area contributed by atoms with Crippen molar-refractivity contribution in [2.75, 3.05) is 18.0 Å². The molecule has 0 unspecified atom stereocenters. The molecule has 2 fully saturated rings. The molecule has 2 N–H and O–H groups in total. The molecular weight excluding hydrogens is 524 g/mol. The third-order valence-corrected chi connectivity index (χ3v) is 6.40. The second-order valence-corrected chi connectivity index (χ2v) is 9.11. The van der Waals surface area contributed by atoms with E-state index in [1.54, 1.807) is 13.1 Å². The van der Waals surface area contributed by atoms with E-state index in [-0.39, 0.29) is 17.5 Å². The number of anilines is 1. The number of carbonyl (C=O) groups excluding carboxylic acids is 2. The fourth-order valence-electron chi connectivity index (χ4n) is 4.41. The number of piperidine rings is 1. The monoisotopic (exact) mass is 548 g/mol. The maximum absolute atomic E-state index is 14.1. The van der Waals surface area contributed by atoms with Crippen LogP contribution in [-0.2, 0) is 16.1 Å². The fraction of sp³-hybridized carbons (Fsp3) is 0.320. The Morgan fingerprint density at radius 2 is 1.72 bits per heavy atom. The average molecular weight is 548 g/mol. The van der Waals surface area contributed by atoms with Gasteiger partial charge in [0.25, 0.3) is 5.91 Å². The number of carbonyl (C=O) groups is 3. The molecule has 0 atom stereocenters. The van der Waals surface area contributed by atoms with E-state index in [1.165, 1.54) is 28.6 Å². The molecule has 3 aromatic rings. The molecule has 206 valence electrons. The summed E-state index contributed by atoms with van der Waals surface area (Å²) in [6.45, 7) is 3.93. The number of imide groups is 1. The van der Waals surface area contributed by atoms with Crippen LogP contribution >= 0.6 is 0 Å². The number of benzene rings is 1. The minimum Gasteiger partial charge on any atom is -0.475 e. The molecule has 2 aliphatic rings. The Hall–Kier alpha value is -4.33. The lowest BCUT2D eigenvalue weighted by molar-refractivity contribution is -0.192. The SMILES string of the molecule is Cc1cn(-c2ncccc2F)nc1N1C(=O)NC2(CCN(Cc3ccccc3)CC2)C1=O.O=C(O)C(F)(F)F. The van der Waals surface area contributed by atoms with Gasteiger partial charge in [-0.15, -0.1) is 5.10 Å². The normalized spacial score (nSPS) is 17.1. The van der Waals surface area contributed by atoms with Crippen molar-refractivity contribution in [3.8, 4) is 5.82 Å². The topological polar surface area (TPSA) is 121 Å². The smallest absolute Gasteiger partial charge is 0.475 e. The quantitative estimate of drug-likeness (QED) is 0.379. The van der Waals surface area contributed by atoms with Gasteiger partial charge in [0.05, 0.1) is 0 Å². The van der Waals surface area contributed by atoms with E-state index in [9.17, 15) is 27.2 Å². The second-order valence-electron chi connectivity index (χ2n) is 9.11. The lowest BCUT2D eigenvalue weighted by atomic mass is 9.87. The van der Waals surface area contributed by atoms with Crippen LogP contribution in [0.2, 0.25) is 0 Å². The molecular formula is C25H24F4N6O4. The first kappa shape index (κ1) is 27.7. The maximum Gasteiger partial charge on any atom is 0.490 e. The summed E-state index contributed by atoms with van der Waals surface area (Å²) >= 11 is 0. The number of amides is 3. The molecule has 5 rings (SSSR count). The summed E-state index contributed by atoms with van der Waals surface area (Å²) in [6, 6.07) is 12.4. The van der Waals surface area contributed by atoms with E-state index in [2.05, 4.69) is 32.4 Å². The van der Waals surface area contributed by atoms with E-state index < -0.39 is 29.5 Å². The van der Waals surface area contributed by atoms with Gasteiger partial charge in [-0.3, -0.25) is 9.69 Å². The Morgan fingerprint density at radius 1 is 1.08 bits per heavy atom. The number of halogens is 4. The van der Waals surface area contributed by atoms with Crippen molar-refractivity contribution in [3.63, 3.8) is 0 Å². The van der Waals surface area contributed by atoms with Crippen LogP contribution in [0, 0.1) is 12.7 Å². The standard InChI is InChI=1S/C23H23FN6O2.C2HF3O2/c1-16-14-29(20-18(24)8-5-11-25-20)27-19(16)30-21(31)23(26-22(30)32)9-12-28(13-10-23)15-17-6-3-2-4-7-17;3-2(4,5)1(6)7/h2-8,11,14H,9-10,12-13,15H2,1H3,(H,26,32);(H,6,7). The zero-order chi connectivity index (χ0) is 28.4. The zero-order valence-electron chi connectivity index (χ0n) is 20.7. The van der Waals surface area contributed by atoms with Gasteiger partial charge in [0.1, 0.15) is 5.54 Å². The molecule has 2 saturated heterocycles. The van der Waals surface area contributed by atoms with Gasteiger partial charge in [0.15, 0.2) is 17.5 Å². The number of urea groups is 1. The van der Waals surface area contributed by atoms with Crippen molar-refractivity contribution in [2.45, 2.75) is 38.0 Å². The number of pyridine rings is 1. The van der Waals surface area contributed by atoms with Crippen molar-refractivity contribution >= 4 is 23.7 Å². The van der Waals surface area contributed by atoms with Crippen LogP contribution in [0.4, 0.5) is 28.2 Å². The van der Waals surface area contributed by atoms with Gasteiger partial charge in [-0.25, -0.2) is 28.5 Å². The predicted molar refractivity (Wildman–Crippen MR) is 129 cm³/mol. The maximum atomic E-state index is 14.1. The number of hydrogen-bond acceptors (Lipinski definition) is 6. The van der Waals surface area contributed by atoms with Crippen molar-refractivity contribution in [3.05, 3.63) is 71.8 Å². The highest BCUT2D eigenvalue weighted by molar-refractivity contribution is 6.23. The molecule has 1 spiro atoms. The van der Waals surface area contributed by atoms with Gasteiger partial charge >= 0.3 is 18.2 Å². The van der Waals surface area contributed by atoms with Crippen LogP contribution in [0.15, 0.2) is 54.9 Å². The number of carboxylic acids is 1. The molecule has 2 aromatic heterocycles. The molecule has 0 radical (unpaired) electrons. The van der Waals surface area contributed by atoms with E-state index in [0.717, 1.165) is 11.4 Å². The number of aliphatic carboxylic acids is 1. The Morgan fingerprint density at radius 3 is 2.31 bits per heavy atom. The zero-order valence-corrected chi connectivity index (χ0v) is 20.7. The number of nitrogens with zero attached hydrogens (tertiary/aromatic N) is 5. The van der Waals surface area contributed by atoms with Crippen LogP contribution in [0.1, 0.15) is 24.0 Å². The molecule has 39 heavy (non-hydrogen) atoms. The summed E-state index contributed by atoms with van der Waals surface area (Å²) in [5, 5.41) is 14.4. The van der Waals surface area contributed by atoms with Gasteiger partial charge in [-0.1, -0.05) is 30.3 Å². The van der Waals surface area contributed by atoms with E-state index in [4.69, 9.17) is 9.90 Å².